The predicted molar refractivity (Wildman–Crippen MR) is 50.3 cm³/mol. The second kappa shape index (κ2) is 4.10. The summed E-state index contributed by atoms with van der Waals surface area (Å²) in [4.78, 5) is 0. The molecule has 0 aliphatic heterocycles. The highest BCUT2D eigenvalue weighted by Crippen LogP contribution is 2.29. The van der Waals surface area contributed by atoms with Crippen LogP contribution in [0, 0.1) is 5.82 Å². The third-order valence-electron chi connectivity index (χ3n) is 1.26. The number of hydrogen-bond acceptors (Lipinski definition) is 1. The van der Waals surface area contributed by atoms with E-state index in [1.54, 1.807) is 6.92 Å². The van der Waals surface area contributed by atoms with Gasteiger partial charge >= 0.3 is 0 Å². The Bertz CT molecular complexity index is 291. The monoisotopic (exact) mass is 252 g/mol. The molecule has 0 N–H and O–H groups in total. The summed E-state index contributed by atoms with van der Waals surface area (Å²) >= 11 is 8.71. The quantitative estimate of drug-likeness (QED) is 0.731. The minimum atomic E-state index is -0.416. The molecule has 0 unspecified atom stereocenters. The molecule has 0 bridgehead atoms. The van der Waals surface area contributed by atoms with Gasteiger partial charge in [0.25, 0.3) is 0 Å². The van der Waals surface area contributed by atoms with Crippen LogP contribution < -0.4 is 4.74 Å². The first-order chi connectivity index (χ1) is 5.65. The summed E-state index contributed by atoms with van der Waals surface area (Å²) in [5.74, 6) is -0.238. The maximum absolute atomic E-state index is 13.1. The number of benzene rings is 1. The topological polar surface area (TPSA) is 9.23 Å². The molecule has 0 saturated heterocycles. The molecule has 1 rings (SSSR count). The minimum absolute atomic E-state index is 0.178. The molecule has 0 aromatic heterocycles. The van der Waals surface area contributed by atoms with Gasteiger partial charge < -0.3 is 4.74 Å². The van der Waals surface area contributed by atoms with Crippen LogP contribution in [0.2, 0.25) is 5.02 Å². The Hall–Kier alpha value is -0.280. The summed E-state index contributed by atoms with van der Waals surface area (Å²) in [6.07, 6.45) is 0. The van der Waals surface area contributed by atoms with E-state index in [9.17, 15) is 4.39 Å². The van der Waals surface area contributed by atoms with Gasteiger partial charge in [0.05, 0.1) is 11.1 Å². The molecular weight excluding hydrogens is 246 g/mol. The van der Waals surface area contributed by atoms with E-state index in [2.05, 4.69) is 15.9 Å². The van der Waals surface area contributed by atoms with Crippen molar-refractivity contribution in [2.75, 3.05) is 6.61 Å². The highest BCUT2D eigenvalue weighted by atomic mass is 79.9. The molecule has 0 aliphatic rings. The summed E-state index contributed by atoms with van der Waals surface area (Å²) < 4.78 is 18.5. The second-order valence-corrected chi connectivity index (χ2v) is 3.42. The van der Waals surface area contributed by atoms with Crippen LogP contribution in [0.15, 0.2) is 16.6 Å². The molecule has 66 valence electrons. The van der Waals surface area contributed by atoms with E-state index < -0.39 is 5.82 Å². The molecule has 0 radical (unpaired) electrons. The molecule has 0 saturated carbocycles. The zero-order chi connectivity index (χ0) is 9.14. The van der Waals surface area contributed by atoms with Gasteiger partial charge in [0.2, 0.25) is 0 Å². The van der Waals surface area contributed by atoms with E-state index in [1.807, 2.05) is 0 Å². The first-order valence-electron chi connectivity index (χ1n) is 3.42. The Labute approximate surface area is 83.6 Å². The van der Waals surface area contributed by atoms with Crippen molar-refractivity contribution in [2.45, 2.75) is 6.92 Å². The highest BCUT2D eigenvalue weighted by molar-refractivity contribution is 9.10. The summed E-state index contributed by atoms with van der Waals surface area (Å²) in [5.41, 5.74) is 0. The molecule has 0 amide bonds. The maximum Gasteiger partial charge on any atom is 0.179 e. The molecule has 4 heteroatoms. The van der Waals surface area contributed by atoms with E-state index in [0.717, 1.165) is 0 Å². The SMILES string of the molecule is CCOc1cc(Cl)cc(Br)c1F. The van der Waals surface area contributed by atoms with Gasteiger partial charge in [0.15, 0.2) is 11.6 Å². The van der Waals surface area contributed by atoms with Crippen molar-refractivity contribution < 1.29 is 9.13 Å². The third kappa shape index (κ3) is 2.11. The van der Waals surface area contributed by atoms with E-state index >= 15 is 0 Å². The van der Waals surface area contributed by atoms with Crippen LogP contribution in [-0.2, 0) is 0 Å². The molecule has 1 nitrogen and oxygen atoms in total. The van der Waals surface area contributed by atoms with Crippen LogP contribution in [0.3, 0.4) is 0 Å². The molecule has 0 spiro atoms. The van der Waals surface area contributed by atoms with Crippen molar-refractivity contribution >= 4 is 27.5 Å². The fraction of sp³-hybridized carbons (Fsp3) is 0.250. The van der Waals surface area contributed by atoms with E-state index in [1.165, 1.54) is 12.1 Å². The van der Waals surface area contributed by atoms with Crippen molar-refractivity contribution in [3.63, 3.8) is 0 Å². The number of rotatable bonds is 2. The molecule has 1 aromatic rings. The largest absolute Gasteiger partial charge is 0.491 e. The van der Waals surface area contributed by atoms with Crippen LogP contribution >= 0.6 is 27.5 Å². The fourth-order valence-electron chi connectivity index (χ4n) is 0.793. The lowest BCUT2D eigenvalue weighted by Crippen LogP contribution is -1.94. The molecule has 0 heterocycles. The van der Waals surface area contributed by atoms with Crippen molar-refractivity contribution in [1.29, 1.82) is 0 Å². The molecule has 12 heavy (non-hydrogen) atoms. The molecule has 0 fully saturated rings. The average Bonchev–Trinajstić information content (AvgIpc) is 2.00. The Balaban J connectivity index is 3.09. The Morgan fingerprint density at radius 1 is 1.58 bits per heavy atom. The molecule has 0 aliphatic carbocycles. The summed E-state index contributed by atoms with van der Waals surface area (Å²) in [6.45, 7) is 2.21. The summed E-state index contributed by atoms with van der Waals surface area (Å²) in [7, 11) is 0. The first-order valence-corrected chi connectivity index (χ1v) is 4.59. The van der Waals surface area contributed by atoms with Crippen molar-refractivity contribution in [1.82, 2.24) is 0 Å². The summed E-state index contributed by atoms with van der Waals surface area (Å²) in [5, 5.41) is 0.451. The van der Waals surface area contributed by atoms with Crippen LogP contribution in [0.25, 0.3) is 0 Å². The predicted octanol–water partition coefficient (Wildman–Crippen LogP) is 3.64. The fourth-order valence-corrected chi connectivity index (χ4v) is 1.57. The van der Waals surface area contributed by atoms with E-state index in [4.69, 9.17) is 16.3 Å². The van der Waals surface area contributed by atoms with Crippen molar-refractivity contribution in [3.05, 3.63) is 27.4 Å². The van der Waals surface area contributed by atoms with Gasteiger partial charge in [-0.3, -0.25) is 0 Å². The van der Waals surface area contributed by atoms with Gasteiger partial charge in [-0.25, -0.2) is 4.39 Å². The minimum Gasteiger partial charge on any atom is -0.491 e. The molecular formula is C8H7BrClFO. The molecule has 0 atom stereocenters. The van der Waals surface area contributed by atoms with Crippen molar-refractivity contribution in [2.24, 2.45) is 0 Å². The first kappa shape index (κ1) is 9.81. The van der Waals surface area contributed by atoms with Crippen LogP contribution in [0.4, 0.5) is 4.39 Å². The van der Waals surface area contributed by atoms with Gasteiger partial charge in [-0.1, -0.05) is 11.6 Å². The number of ether oxygens (including phenoxy) is 1. The zero-order valence-electron chi connectivity index (χ0n) is 6.40. The standard InChI is InChI=1S/C8H7BrClFO/c1-2-12-7-4-5(10)3-6(9)8(7)11/h3-4H,2H2,1H3. The van der Waals surface area contributed by atoms with Crippen LogP contribution in [-0.4, -0.2) is 6.61 Å². The van der Waals surface area contributed by atoms with Crippen LogP contribution in [0.1, 0.15) is 6.92 Å². The van der Waals surface area contributed by atoms with Gasteiger partial charge in [-0.2, -0.15) is 0 Å². The molecule has 1 aromatic carbocycles. The average molecular weight is 253 g/mol. The van der Waals surface area contributed by atoms with Crippen LogP contribution in [0.5, 0.6) is 5.75 Å². The lowest BCUT2D eigenvalue weighted by molar-refractivity contribution is 0.321. The highest BCUT2D eigenvalue weighted by Gasteiger charge is 2.08. The zero-order valence-corrected chi connectivity index (χ0v) is 8.75. The Morgan fingerprint density at radius 2 is 2.25 bits per heavy atom. The lowest BCUT2D eigenvalue weighted by Gasteiger charge is -2.05. The van der Waals surface area contributed by atoms with Crippen molar-refractivity contribution in [3.8, 4) is 5.75 Å². The Kier molecular flexibility index (Phi) is 3.35. The third-order valence-corrected chi connectivity index (χ3v) is 2.05. The second-order valence-electron chi connectivity index (χ2n) is 2.13. The van der Waals surface area contributed by atoms with Gasteiger partial charge in [-0.15, -0.1) is 0 Å². The van der Waals surface area contributed by atoms with Gasteiger partial charge in [0.1, 0.15) is 0 Å². The maximum atomic E-state index is 13.1. The number of hydrogen-bond donors (Lipinski definition) is 0. The smallest absolute Gasteiger partial charge is 0.179 e. The van der Waals surface area contributed by atoms with E-state index in [-0.39, 0.29) is 5.75 Å². The Morgan fingerprint density at radius 3 is 2.83 bits per heavy atom. The van der Waals surface area contributed by atoms with Gasteiger partial charge in [-0.05, 0) is 28.9 Å². The number of halogens is 3. The van der Waals surface area contributed by atoms with Gasteiger partial charge in [0, 0.05) is 11.1 Å². The summed E-state index contributed by atoms with van der Waals surface area (Å²) in [6, 6.07) is 2.94. The normalized spacial score (nSPS) is 10.0. The lowest BCUT2D eigenvalue weighted by atomic mass is 10.3. The van der Waals surface area contributed by atoms with E-state index in [0.29, 0.717) is 16.1 Å².